The summed E-state index contributed by atoms with van der Waals surface area (Å²) in [4.78, 5) is 12.4. The largest absolute Gasteiger partial charge is 0.385 e. The van der Waals surface area contributed by atoms with Crippen LogP contribution in [0.15, 0.2) is 72.8 Å². The lowest BCUT2D eigenvalue weighted by Gasteiger charge is -2.09. The molecule has 0 atom stereocenters. The van der Waals surface area contributed by atoms with E-state index in [-0.39, 0.29) is 5.91 Å². The van der Waals surface area contributed by atoms with Crippen LogP contribution in [-0.4, -0.2) is 19.0 Å². The summed E-state index contributed by atoms with van der Waals surface area (Å²) in [5.74, 6) is -0.0125. The molecule has 0 aliphatic carbocycles. The van der Waals surface area contributed by atoms with E-state index < -0.39 is 0 Å². The molecule has 1 amide bonds. The Kier molecular flexibility index (Phi) is 4.89. The first-order valence-corrected chi connectivity index (χ1v) is 7.89. The molecule has 0 aliphatic rings. The van der Waals surface area contributed by atoms with Crippen LogP contribution in [0.4, 0.5) is 5.69 Å². The summed E-state index contributed by atoms with van der Waals surface area (Å²) >= 11 is 0. The zero-order valence-corrected chi connectivity index (χ0v) is 13.0. The number of rotatable bonds is 6. The Balaban J connectivity index is 1.51. The van der Waals surface area contributed by atoms with E-state index in [1.54, 1.807) is 0 Å². The summed E-state index contributed by atoms with van der Waals surface area (Å²) < 4.78 is 0. The highest BCUT2D eigenvalue weighted by Crippen LogP contribution is 2.18. The number of nitrogens with one attached hydrogen (secondary N) is 2. The molecule has 0 saturated carbocycles. The molecular weight excluding hydrogens is 284 g/mol. The first-order chi connectivity index (χ1) is 11.3. The lowest BCUT2D eigenvalue weighted by molar-refractivity contribution is 0.0955. The van der Waals surface area contributed by atoms with Gasteiger partial charge in [0.05, 0.1) is 0 Å². The maximum Gasteiger partial charge on any atom is 0.251 e. The van der Waals surface area contributed by atoms with E-state index in [4.69, 9.17) is 0 Å². The molecule has 0 bridgehead atoms. The molecule has 0 aromatic heterocycles. The quantitative estimate of drug-likeness (QED) is 0.674. The van der Waals surface area contributed by atoms with Gasteiger partial charge in [0, 0.05) is 24.3 Å². The SMILES string of the molecule is O=C(NCCCNc1ccccc1)c1cccc2ccccc12. The minimum atomic E-state index is -0.0125. The Morgan fingerprint density at radius 2 is 1.52 bits per heavy atom. The highest BCUT2D eigenvalue weighted by Gasteiger charge is 2.08. The standard InChI is InChI=1S/C20H20N2O/c23-20(19-13-6-9-16-8-4-5-12-18(16)19)22-15-7-14-21-17-10-2-1-3-11-17/h1-6,8-13,21H,7,14-15H2,(H,22,23). The molecule has 2 N–H and O–H groups in total. The Labute approximate surface area is 136 Å². The molecule has 0 heterocycles. The van der Waals surface area contributed by atoms with E-state index in [2.05, 4.69) is 10.6 Å². The average molecular weight is 304 g/mol. The molecule has 3 aromatic rings. The van der Waals surface area contributed by atoms with Crippen molar-refractivity contribution in [3.63, 3.8) is 0 Å². The highest BCUT2D eigenvalue weighted by molar-refractivity contribution is 6.06. The van der Waals surface area contributed by atoms with Crippen LogP contribution in [0.2, 0.25) is 0 Å². The van der Waals surface area contributed by atoms with Crippen molar-refractivity contribution in [1.29, 1.82) is 0 Å². The van der Waals surface area contributed by atoms with E-state index in [0.29, 0.717) is 6.54 Å². The van der Waals surface area contributed by atoms with Gasteiger partial charge in [0.15, 0.2) is 0 Å². The summed E-state index contributed by atoms with van der Waals surface area (Å²) in [6.07, 6.45) is 0.880. The van der Waals surface area contributed by atoms with Crippen LogP contribution in [0.25, 0.3) is 10.8 Å². The number of benzene rings is 3. The predicted molar refractivity (Wildman–Crippen MR) is 95.8 cm³/mol. The lowest BCUT2D eigenvalue weighted by atomic mass is 10.0. The van der Waals surface area contributed by atoms with E-state index in [1.807, 2.05) is 72.8 Å². The maximum absolute atomic E-state index is 12.4. The molecule has 23 heavy (non-hydrogen) atoms. The van der Waals surface area contributed by atoms with Gasteiger partial charge in [0.2, 0.25) is 0 Å². The number of anilines is 1. The van der Waals surface area contributed by atoms with Crippen molar-refractivity contribution in [3.8, 4) is 0 Å². The van der Waals surface area contributed by atoms with Gasteiger partial charge in [-0.05, 0) is 35.4 Å². The molecular formula is C20H20N2O. The summed E-state index contributed by atoms with van der Waals surface area (Å²) in [7, 11) is 0. The topological polar surface area (TPSA) is 41.1 Å². The molecule has 0 saturated heterocycles. The highest BCUT2D eigenvalue weighted by atomic mass is 16.1. The molecule has 0 unspecified atom stereocenters. The van der Waals surface area contributed by atoms with E-state index in [0.717, 1.165) is 35.0 Å². The zero-order valence-electron chi connectivity index (χ0n) is 13.0. The minimum absolute atomic E-state index is 0.0125. The molecule has 116 valence electrons. The fourth-order valence-corrected chi connectivity index (χ4v) is 2.60. The van der Waals surface area contributed by atoms with Gasteiger partial charge in [-0.25, -0.2) is 0 Å². The fraction of sp³-hybridized carbons (Fsp3) is 0.150. The summed E-state index contributed by atoms with van der Waals surface area (Å²) in [5.41, 5.74) is 1.84. The van der Waals surface area contributed by atoms with Crippen LogP contribution >= 0.6 is 0 Å². The van der Waals surface area contributed by atoms with Gasteiger partial charge in [-0.1, -0.05) is 54.6 Å². The molecule has 3 aromatic carbocycles. The predicted octanol–water partition coefficient (Wildman–Crippen LogP) is 4.07. The van der Waals surface area contributed by atoms with Crippen molar-refractivity contribution in [3.05, 3.63) is 78.4 Å². The monoisotopic (exact) mass is 304 g/mol. The number of carbonyl (C=O) groups excluding carboxylic acids is 1. The number of hydrogen-bond donors (Lipinski definition) is 2. The maximum atomic E-state index is 12.4. The molecule has 3 rings (SSSR count). The second-order valence-electron chi connectivity index (χ2n) is 5.43. The van der Waals surface area contributed by atoms with Gasteiger partial charge in [0.25, 0.3) is 5.91 Å². The van der Waals surface area contributed by atoms with Crippen molar-refractivity contribution < 1.29 is 4.79 Å². The summed E-state index contributed by atoms with van der Waals surface area (Å²) in [5, 5.41) is 8.42. The third-order valence-electron chi connectivity index (χ3n) is 3.78. The molecule has 3 heteroatoms. The summed E-state index contributed by atoms with van der Waals surface area (Å²) in [6.45, 7) is 1.49. The first-order valence-electron chi connectivity index (χ1n) is 7.89. The number of fused-ring (bicyclic) bond motifs is 1. The van der Waals surface area contributed by atoms with Crippen molar-refractivity contribution in [2.45, 2.75) is 6.42 Å². The van der Waals surface area contributed by atoms with Gasteiger partial charge in [-0.2, -0.15) is 0 Å². The normalized spacial score (nSPS) is 10.4. The lowest BCUT2D eigenvalue weighted by Crippen LogP contribution is -2.26. The Morgan fingerprint density at radius 1 is 0.783 bits per heavy atom. The number of hydrogen-bond acceptors (Lipinski definition) is 2. The van der Waals surface area contributed by atoms with Gasteiger partial charge in [-0.15, -0.1) is 0 Å². The van der Waals surface area contributed by atoms with Crippen LogP contribution in [-0.2, 0) is 0 Å². The second-order valence-corrected chi connectivity index (χ2v) is 5.43. The number of carbonyl (C=O) groups is 1. The van der Waals surface area contributed by atoms with Gasteiger partial charge < -0.3 is 10.6 Å². The van der Waals surface area contributed by atoms with E-state index in [1.165, 1.54) is 0 Å². The fourth-order valence-electron chi connectivity index (χ4n) is 2.60. The van der Waals surface area contributed by atoms with Crippen molar-refractivity contribution in [2.24, 2.45) is 0 Å². The van der Waals surface area contributed by atoms with Gasteiger partial charge in [-0.3, -0.25) is 4.79 Å². The van der Waals surface area contributed by atoms with Crippen molar-refractivity contribution in [2.75, 3.05) is 18.4 Å². The number of amides is 1. The Hall–Kier alpha value is -2.81. The van der Waals surface area contributed by atoms with Gasteiger partial charge in [0.1, 0.15) is 0 Å². The van der Waals surface area contributed by atoms with Crippen LogP contribution in [0.5, 0.6) is 0 Å². The zero-order chi connectivity index (χ0) is 15.9. The van der Waals surface area contributed by atoms with Crippen molar-refractivity contribution in [1.82, 2.24) is 5.32 Å². The summed E-state index contributed by atoms with van der Waals surface area (Å²) in [6, 6.07) is 23.9. The Morgan fingerprint density at radius 3 is 2.39 bits per heavy atom. The molecule has 0 spiro atoms. The smallest absolute Gasteiger partial charge is 0.251 e. The van der Waals surface area contributed by atoms with Crippen molar-refractivity contribution >= 4 is 22.4 Å². The van der Waals surface area contributed by atoms with E-state index >= 15 is 0 Å². The van der Waals surface area contributed by atoms with Crippen LogP contribution in [0.3, 0.4) is 0 Å². The first kappa shape index (κ1) is 15.1. The Bertz CT molecular complexity index is 779. The molecule has 0 radical (unpaired) electrons. The third kappa shape index (κ3) is 3.89. The van der Waals surface area contributed by atoms with Crippen LogP contribution in [0.1, 0.15) is 16.8 Å². The minimum Gasteiger partial charge on any atom is -0.385 e. The molecule has 0 fully saturated rings. The van der Waals surface area contributed by atoms with Gasteiger partial charge >= 0.3 is 0 Å². The third-order valence-corrected chi connectivity index (χ3v) is 3.78. The van der Waals surface area contributed by atoms with Crippen LogP contribution in [0, 0.1) is 0 Å². The second kappa shape index (κ2) is 7.45. The average Bonchev–Trinajstić information content (AvgIpc) is 2.61. The van der Waals surface area contributed by atoms with E-state index in [9.17, 15) is 4.79 Å². The molecule has 0 aliphatic heterocycles. The van der Waals surface area contributed by atoms with Crippen LogP contribution < -0.4 is 10.6 Å². The molecule has 3 nitrogen and oxygen atoms in total. The number of para-hydroxylation sites is 1.